The molecule has 0 bridgehead atoms. The Balaban J connectivity index is 0. The number of hydrogen-bond donors (Lipinski definition) is 0. The van der Waals surface area contributed by atoms with Gasteiger partial charge in [0.25, 0.3) is 5.69 Å². The normalized spacial score (nSPS) is 9.88. The van der Waals surface area contributed by atoms with Crippen LogP contribution in [0.4, 0.5) is 39.8 Å². The van der Waals surface area contributed by atoms with Crippen LogP contribution in [0.3, 0.4) is 0 Å². The monoisotopic (exact) mass is 481 g/mol. The first-order chi connectivity index (χ1) is 14.4. The van der Waals surface area contributed by atoms with E-state index in [-0.39, 0.29) is 45.6 Å². The summed E-state index contributed by atoms with van der Waals surface area (Å²) in [5, 5.41) is 67.0. The molecule has 0 amide bonds. The van der Waals surface area contributed by atoms with Gasteiger partial charge in [-0.1, -0.05) is 18.2 Å². The van der Waals surface area contributed by atoms with Crippen molar-refractivity contribution in [2.24, 2.45) is 0 Å². The first-order valence-electron chi connectivity index (χ1n) is 7.37. The van der Waals surface area contributed by atoms with Gasteiger partial charge in [0.15, 0.2) is 5.03 Å². The molecule has 0 aromatic heterocycles. The molecule has 0 aliphatic carbocycles. The molecule has 0 N–H and O–H groups in total. The Morgan fingerprint density at radius 1 is 0.562 bits per heavy atom. The van der Waals surface area contributed by atoms with E-state index in [0.29, 0.717) is 0 Å². The van der Waals surface area contributed by atoms with Gasteiger partial charge in [-0.15, -0.1) is 0 Å². The molecule has 19 nitrogen and oxygen atoms in total. The molecule has 32 heavy (non-hydrogen) atoms. The maximum atomic E-state index is 11.6. The van der Waals surface area contributed by atoms with Crippen LogP contribution >= 0.6 is 0 Å². The van der Waals surface area contributed by atoms with Crippen molar-refractivity contribution < 1.29 is 32.5 Å². The molecule has 0 spiro atoms. The first kappa shape index (κ1) is 25.9. The number of nitrogens with zero attached hydrogens (tertiary/aromatic N) is 7. The van der Waals surface area contributed by atoms with E-state index >= 15 is 0 Å². The zero-order valence-corrected chi connectivity index (χ0v) is 17.3. The number of benzene rings is 2. The standard InChI is InChI=1S/C12H5N7O12.Ca.2H/c20-14(21)8-7(13(19(30)31)6-4-2-1-3-5-6)9(15(22)23)11(17(26)27)12(18(28)29)10(8)16(24)25;;;/h1-5H;;;/q;+2;2*-1. The second-order valence-electron chi connectivity index (χ2n) is 5.26. The first-order valence-corrected chi connectivity index (χ1v) is 7.37. The number of para-hydroxylation sites is 1. The number of hydrogen-bond acceptors (Lipinski definition) is 12. The Labute approximate surface area is 205 Å². The molecule has 2 rings (SSSR count). The summed E-state index contributed by atoms with van der Waals surface area (Å²) in [5.74, 6) is 0. The van der Waals surface area contributed by atoms with Crippen LogP contribution in [0.5, 0.6) is 0 Å². The third-order valence-corrected chi connectivity index (χ3v) is 3.63. The van der Waals surface area contributed by atoms with Crippen molar-refractivity contribution in [3.05, 3.63) is 91.0 Å². The van der Waals surface area contributed by atoms with Gasteiger partial charge >= 0.3 is 66.2 Å². The second kappa shape index (κ2) is 9.80. The van der Waals surface area contributed by atoms with Gasteiger partial charge in [-0.3, -0.25) is 50.6 Å². The molecule has 0 heterocycles. The van der Waals surface area contributed by atoms with Crippen LogP contribution in [0.15, 0.2) is 30.3 Å². The smallest absolute Gasteiger partial charge is 1.00 e. The van der Waals surface area contributed by atoms with E-state index in [2.05, 4.69) is 0 Å². The summed E-state index contributed by atoms with van der Waals surface area (Å²) in [6.07, 6.45) is 0. The van der Waals surface area contributed by atoms with E-state index in [1.807, 2.05) is 0 Å². The van der Waals surface area contributed by atoms with Gasteiger partial charge in [0, 0.05) is 0 Å². The Bertz CT molecular complexity index is 1130. The maximum absolute atomic E-state index is 11.6. The van der Waals surface area contributed by atoms with Gasteiger partial charge in [-0.05, 0) is 17.1 Å². The molecule has 0 atom stereocenters. The zero-order chi connectivity index (χ0) is 23.6. The van der Waals surface area contributed by atoms with Crippen molar-refractivity contribution in [2.45, 2.75) is 0 Å². The third-order valence-electron chi connectivity index (χ3n) is 3.63. The molecule has 0 saturated carbocycles. The second-order valence-corrected chi connectivity index (χ2v) is 5.26. The van der Waals surface area contributed by atoms with Crippen molar-refractivity contribution in [1.29, 1.82) is 0 Å². The van der Waals surface area contributed by atoms with Gasteiger partial charge in [0.1, 0.15) is 5.69 Å². The quantitative estimate of drug-likeness (QED) is 0.298. The van der Waals surface area contributed by atoms with E-state index in [9.17, 15) is 60.7 Å². The van der Waals surface area contributed by atoms with Crippen LogP contribution in [0.1, 0.15) is 2.85 Å². The van der Waals surface area contributed by atoms with Crippen LogP contribution in [-0.2, 0) is 0 Å². The maximum Gasteiger partial charge on any atom is 2.00 e. The summed E-state index contributed by atoms with van der Waals surface area (Å²) >= 11 is 0. The van der Waals surface area contributed by atoms with Gasteiger partial charge in [0.05, 0.1) is 24.6 Å². The number of rotatable bonds is 8. The Morgan fingerprint density at radius 2 is 0.875 bits per heavy atom. The minimum atomic E-state index is -2.17. The fraction of sp³-hybridized carbons (Fsp3) is 0. The predicted octanol–water partition coefficient (Wildman–Crippen LogP) is 2.40. The van der Waals surface area contributed by atoms with Crippen molar-refractivity contribution in [3.8, 4) is 0 Å². The molecule has 2 aromatic rings. The molecular formula is C12H7CaN7O12. The van der Waals surface area contributed by atoms with E-state index in [1.165, 1.54) is 6.07 Å². The molecule has 0 radical (unpaired) electrons. The summed E-state index contributed by atoms with van der Waals surface area (Å²) in [7, 11) is 0. The van der Waals surface area contributed by atoms with Gasteiger partial charge in [-0.2, -0.15) is 0 Å². The van der Waals surface area contributed by atoms with Crippen molar-refractivity contribution >= 4 is 77.5 Å². The van der Waals surface area contributed by atoms with Crippen molar-refractivity contribution in [1.82, 2.24) is 0 Å². The number of anilines is 2. The van der Waals surface area contributed by atoms with Crippen molar-refractivity contribution in [2.75, 3.05) is 5.01 Å². The number of nitro groups is 6. The molecule has 0 unspecified atom stereocenters. The van der Waals surface area contributed by atoms with Crippen LogP contribution in [-0.4, -0.2) is 67.4 Å². The summed E-state index contributed by atoms with van der Waals surface area (Å²) < 4.78 is 0. The van der Waals surface area contributed by atoms with E-state index in [1.54, 1.807) is 0 Å². The Kier molecular flexibility index (Phi) is 7.95. The molecule has 0 aliphatic heterocycles. The molecule has 164 valence electrons. The fourth-order valence-electron chi connectivity index (χ4n) is 2.61. The van der Waals surface area contributed by atoms with Crippen LogP contribution in [0.25, 0.3) is 0 Å². The number of nitro benzene ring substituents is 5. The average Bonchev–Trinajstić information content (AvgIpc) is 2.66. The van der Waals surface area contributed by atoms with E-state index < -0.39 is 69.5 Å². The number of hydrazine groups is 1. The Morgan fingerprint density at radius 3 is 1.16 bits per heavy atom. The molecule has 20 heteroatoms. The summed E-state index contributed by atoms with van der Waals surface area (Å²) in [6.45, 7) is 0. The molecule has 0 saturated heterocycles. The summed E-state index contributed by atoms with van der Waals surface area (Å²) in [6, 6.07) is 5.45. The van der Waals surface area contributed by atoms with E-state index in [4.69, 9.17) is 0 Å². The summed E-state index contributed by atoms with van der Waals surface area (Å²) in [5.41, 5.74) is -13.0. The molecule has 0 aliphatic rings. The summed E-state index contributed by atoms with van der Waals surface area (Å²) in [4.78, 5) is 60.1. The predicted molar refractivity (Wildman–Crippen MR) is 103 cm³/mol. The third kappa shape index (κ3) is 4.48. The molecule has 2 aromatic carbocycles. The minimum Gasteiger partial charge on any atom is -1.00 e. The van der Waals surface area contributed by atoms with Crippen LogP contribution in [0, 0.1) is 60.7 Å². The average molecular weight is 481 g/mol. The van der Waals surface area contributed by atoms with Gasteiger partial charge < -0.3 is 2.85 Å². The Hall–Kier alpha value is -4.10. The van der Waals surface area contributed by atoms with Gasteiger partial charge in [-0.25, -0.2) is 10.1 Å². The van der Waals surface area contributed by atoms with Crippen molar-refractivity contribution in [3.63, 3.8) is 0 Å². The SMILES string of the molecule is O=[N+]([O-])c1c(N(c2ccccc2)[N+](=O)[O-])c([N+](=O)[O-])c([N+](=O)[O-])c([N+](=O)[O-])c1[N+](=O)[O-].[Ca+2].[H-].[H-]. The minimum absolute atomic E-state index is 0. The zero-order valence-electron chi connectivity index (χ0n) is 17.1. The van der Waals surface area contributed by atoms with E-state index in [0.717, 1.165) is 24.3 Å². The molecule has 0 fully saturated rings. The van der Waals surface area contributed by atoms with Crippen LogP contribution in [0.2, 0.25) is 0 Å². The fourth-order valence-corrected chi connectivity index (χ4v) is 2.61. The van der Waals surface area contributed by atoms with Gasteiger partial charge in [0.2, 0.25) is 0 Å². The molecular weight excluding hydrogens is 474 g/mol. The largest absolute Gasteiger partial charge is 2.00 e. The topological polar surface area (TPSA) is 262 Å². The van der Waals surface area contributed by atoms with Crippen LogP contribution < -0.4 is 5.01 Å².